The van der Waals surface area contributed by atoms with Crippen LogP contribution >= 0.6 is 50.5 Å². The van der Waals surface area contributed by atoms with Crippen LogP contribution in [0.5, 0.6) is 0 Å². The molecule has 0 radical (unpaired) electrons. The normalized spacial score (nSPS) is 14.9. The van der Waals surface area contributed by atoms with E-state index < -0.39 is 0 Å². The van der Waals surface area contributed by atoms with Crippen molar-refractivity contribution in [3.05, 3.63) is 56.0 Å². The van der Waals surface area contributed by atoms with E-state index in [1.54, 1.807) is 17.0 Å². The van der Waals surface area contributed by atoms with Gasteiger partial charge in [0.2, 0.25) is 0 Å². The average Bonchev–Trinajstić information content (AvgIpc) is 3.20. The second kappa shape index (κ2) is 9.51. The summed E-state index contributed by atoms with van der Waals surface area (Å²) in [6.45, 7) is 6.34. The highest BCUT2D eigenvalue weighted by atomic mass is 79.9. The number of nitrogens with zero attached hydrogens (tertiary/aromatic N) is 3. The zero-order valence-electron chi connectivity index (χ0n) is 16.3. The van der Waals surface area contributed by atoms with Crippen LogP contribution < -0.4 is 4.90 Å². The summed E-state index contributed by atoms with van der Waals surface area (Å²) in [6.07, 6.45) is 0. The highest BCUT2D eigenvalue weighted by molar-refractivity contribution is 9.10. The van der Waals surface area contributed by atoms with Crippen LogP contribution in [0.1, 0.15) is 15.9 Å². The lowest BCUT2D eigenvalue weighted by Gasteiger charge is -2.29. The maximum absolute atomic E-state index is 13.5. The minimum atomic E-state index is -0.178. The van der Waals surface area contributed by atoms with E-state index in [2.05, 4.69) is 20.8 Å². The number of anilines is 1. The van der Waals surface area contributed by atoms with Crippen LogP contribution in [-0.4, -0.2) is 55.2 Å². The molecule has 9 heteroatoms. The van der Waals surface area contributed by atoms with Crippen LogP contribution in [0, 0.1) is 6.92 Å². The molecule has 2 heterocycles. The predicted octanol–water partition coefficient (Wildman–Crippen LogP) is 5.65. The molecular weight excluding hydrogens is 509 g/mol. The number of hydrogen-bond acceptors (Lipinski definition) is 5. The van der Waals surface area contributed by atoms with Crippen LogP contribution in [0.15, 0.2) is 34.8 Å². The molecule has 1 saturated heterocycles. The summed E-state index contributed by atoms with van der Waals surface area (Å²) in [5.74, 6) is -0.178. The summed E-state index contributed by atoms with van der Waals surface area (Å²) in [5.41, 5.74) is 2.29. The third-order valence-electron chi connectivity index (χ3n) is 5.06. The average molecular weight is 529 g/mol. The molecule has 1 fully saturated rings. The van der Waals surface area contributed by atoms with Crippen LogP contribution in [0.2, 0.25) is 10.0 Å². The van der Waals surface area contributed by atoms with Crippen molar-refractivity contribution in [1.29, 1.82) is 0 Å². The number of fused-ring (bicyclic) bond motifs is 1. The standard InChI is InChI=1S/C21H20BrCl2N3O2S/c1-13-2-4-17(24)19-18(13)25-21(30-19)27(7-6-26-8-10-29-11-9-26)20(28)15-12-14(22)3-5-16(15)23/h2-5,12H,6-11H2,1H3. The van der Waals surface area contributed by atoms with Gasteiger partial charge in [-0.3, -0.25) is 14.6 Å². The van der Waals surface area contributed by atoms with Crippen molar-refractivity contribution >= 4 is 71.7 Å². The van der Waals surface area contributed by atoms with E-state index in [0.29, 0.717) is 40.5 Å². The minimum Gasteiger partial charge on any atom is -0.379 e. The molecule has 2 aromatic carbocycles. The molecule has 0 N–H and O–H groups in total. The third kappa shape index (κ3) is 4.66. The Balaban J connectivity index is 1.71. The van der Waals surface area contributed by atoms with Crippen molar-refractivity contribution in [1.82, 2.24) is 9.88 Å². The number of carbonyl (C=O) groups excluding carboxylic acids is 1. The number of hydrogen-bond donors (Lipinski definition) is 0. The molecule has 158 valence electrons. The zero-order chi connectivity index (χ0) is 21.3. The van der Waals surface area contributed by atoms with Gasteiger partial charge in [-0.2, -0.15) is 0 Å². The Bertz CT molecular complexity index is 1050. The van der Waals surface area contributed by atoms with Crippen molar-refractivity contribution < 1.29 is 9.53 Å². The summed E-state index contributed by atoms with van der Waals surface area (Å²) in [5, 5.41) is 1.67. The fourth-order valence-corrected chi connectivity index (χ4v) is 5.26. The molecule has 1 aromatic heterocycles. The van der Waals surface area contributed by atoms with E-state index in [-0.39, 0.29) is 5.91 Å². The first kappa shape index (κ1) is 22.0. The Morgan fingerprint density at radius 1 is 1.23 bits per heavy atom. The molecule has 1 aliphatic heterocycles. The van der Waals surface area contributed by atoms with Gasteiger partial charge in [0.1, 0.15) is 0 Å². The van der Waals surface area contributed by atoms with Crippen molar-refractivity contribution in [3.8, 4) is 0 Å². The van der Waals surface area contributed by atoms with Gasteiger partial charge in [-0.25, -0.2) is 4.98 Å². The van der Waals surface area contributed by atoms with E-state index in [4.69, 9.17) is 32.9 Å². The van der Waals surface area contributed by atoms with Gasteiger partial charge in [-0.05, 0) is 36.8 Å². The number of carbonyl (C=O) groups is 1. The number of halogens is 3. The number of rotatable bonds is 5. The molecular formula is C21H20BrCl2N3O2S. The van der Waals surface area contributed by atoms with Crippen LogP contribution in [0.4, 0.5) is 5.13 Å². The van der Waals surface area contributed by atoms with Crippen LogP contribution in [0.3, 0.4) is 0 Å². The maximum atomic E-state index is 13.5. The van der Waals surface area contributed by atoms with Gasteiger partial charge in [-0.1, -0.05) is 56.5 Å². The van der Waals surface area contributed by atoms with Crippen LogP contribution in [0.25, 0.3) is 10.2 Å². The van der Waals surface area contributed by atoms with E-state index in [1.165, 1.54) is 11.3 Å². The molecule has 0 atom stereocenters. The molecule has 1 aliphatic rings. The number of thiazole rings is 1. The summed E-state index contributed by atoms with van der Waals surface area (Å²) in [4.78, 5) is 22.3. The number of ether oxygens (including phenoxy) is 1. The van der Waals surface area contributed by atoms with E-state index in [0.717, 1.165) is 39.9 Å². The molecule has 4 rings (SSSR count). The molecule has 5 nitrogen and oxygen atoms in total. The Morgan fingerprint density at radius 3 is 2.70 bits per heavy atom. The maximum Gasteiger partial charge on any atom is 0.261 e. The molecule has 3 aromatic rings. The predicted molar refractivity (Wildman–Crippen MR) is 127 cm³/mol. The summed E-state index contributed by atoms with van der Waals surface area (Å²) in [6, 6.07) is 9.10. The number of morpholine rings is 1. The molecule has 0 spiro atoms. The van der Waals surface area contributed by atoms with Crippen molar-refractivity contribution in [2.75, 3.05) is 44.3 Å². The van der Waals surface area contributed by atoms with Gasteiger partial charge in [-0.15, -0.1) is 0 Å². The first-order valence-corrected chi connectivity index (χ1v) is 11.9. The Morgan fingerprint density at radius 2 is 1.97 bits per heavy atom. The number of amides is 1. The SMILES string of the molecule is Cc1ccc(Cl)c2sc(N(CCN3CCOCC3)C(=O)c3cc(Br)ccc3Cl)nc12. The van der Waals surface area contributed by atoms with Crippen molar-refractivity contribution in [2.45, 2.75) is 6.92 Å². The van der Waals surface area contributed by atoms with Gasteiger partial charge in [0.05, 0.1) is 39.0 Å². The highest BCUT2D eigenvalue weighted by Crippen LogP contribution is 2.36. The van der Waals surface area contributed by atoms with Gasteiger partial charge in [0.25, 0.3) is 5.91 Å². The monoisotopic (exact) mass is 527 g/mol. The Kier molecular flexibility index (Phi) is 6.97. The molecule has 0 aliphatic carbocycles. The lowest BCUT2D eigenvalue weighted by molar-refractivity contribution is 0.0391. The minimum absolute atomic E-state index is 0.178. The Labute approximate surface area is 197 Å². The van der Waals surface area contributed by atoms with Gasteiger partial charge < -0.3 is 4.74 Å². The van der Waals surface area contributed by atoms with Gasteiger partial charge in [0.15, 0.2) is 5.13 Å². The third-order valence-corrected chi connectivity index (χ3v) is 7.43. The van der Waals surface area contributed by atoms with Gasteiger partial charge >= 0.3 is 0 Å². The first-order valence-electron chi connectivity index (χ1n) is 9.56. The quantitative estimate of drug-likeness (QED) is 0.429. The fraction of sp³-hybridized carbons (Fsp3) is 0.333. The van der Waals surface area contributed by atoms with E-state index in [1.807, 2.05) is 25.1 Å². The smallest absolute Gasteiger partial charge is 0.261 e. The summed E-state index contributed by atoms with van der Waals surface area (Å²) >= 11 is 17.6. The van der Waals surface area contributed by atoms with Crippen molar-refractivity contribution in [3.63, 3.8) is 0 Å². The lowest BCUT2D eigenvalue weighted by atomic mass is 10.2. The summed E-state index contributed by atoms with van der Waals surface area (Å²) < 4.78 is 7.12. The lowest BCUT2D eigenvalue weighted by Crippen LogP contribution is -2.43. The van der Waals surface area contributed by atoms with Gasteiger partial charge in [0, 0.05) is 30.7 Å². The van der Waals surface area contributed by atoms with E-state index in [9.17, 15) is 4.79 Å². The Hall–Kier alpha value is -1.22. The largest absolute Gasteiger partial charge is 0.379 e. The van der Waals surface area contributed by atoms with Crippen molar-refractivity contribution in [2.24, 2.45) is 0 Å². The second-order valence-electron chi connectivity index (χ2n) is 7.07. The number of benzene rings is 2. The molecule has 0 saturated carbocycles. The number of aryl methyl sites for hydroxylation is 1. The molecule has 0 unspecified atom stereocenters. The fourth-order valence-electron chi connectivity index (χ4n) is 3.36. The number of aromatic nitrogens is 1. The first-order chi connectivity index (χ1) is 14.4. The highest BCUT2D eigenvalue weighted by Gasteiger charge is 2.25. The zero-order valence-corrected chi connectivity index (χ0v) is 20.2. The molecule has 1 amide bonds. The molecule has 0 bridgehead atoms. The molecule has 30 heavy (non-hydrogen) atoms. The van der Waals surface area contributed by atoms with E-state index >= 15 is 0 Å². The topological polar surface area (TPSA) is 45.7 Å². The second-order valence-corrected chi connectivity index (χ2v) is 9.78. The summed E-state index contributed by atoms with van der Waals surface area (Å²) in [7, 11) is 0. The van der Waals surface area contributed by atoms with Crippen LogP contribution in [-0.2, 0) is 4.74 Å².